The summed E-state index contributed by atoms with van der Waals surface area (Å²) < 4.78 is 10.9. The van der Waals surface area contributed by atoms with Crippen LogP contribution in [0.5, 0.6) is 0 Å². The first-order valence-electron chi connectivity index (χ1n) is 51.6. The number of aromatic nitrogens is 5. The number of aliphatic carboxylic acids is 2. The van der Waals surface area contributed by atoms with Gasteiger partial charge in [-0.05, 0) is 118 Å². The lowest BCUT2D eigenvalue weighted by atomic mass is 9.99. The maximum Gasteiger partial charge on any atom is 0.317 e. The van der Waals surface area contributed by atoms with Gasteiger partial charge in [0.1, 0.15) is 78.6 Å². The molecule has 3 aliphatic heterocycles. The number of benzene rings is 2. The summed E-state index contributed by atoms with van der Waals surface area (Å²) in [5.74, 6) is -15.9. The minimum atomic E-state index is -1.80. The zero-order valence-corrected chi connectivity index (χ0v) is 84.8. The van der Waals surface area contributed by atoms with Gasteiger partial charge in [0.2, 0.25) is 82.7 Å². The van der Waals surface area contributed by atoms with Crippen molar-refractivity contribution < 1.29 is 116 Å². The minimum Gasteiger partial charge on any atom is -0.480 e. The number of nitrogens with two attached hydrogens (primary N) is 2. The average Bonchev–Trinajstić information content (AvgIpc) is 1.67. The first-order chi connectivity index (χ1) is 71.2. The standard InChI is InChI=1S/C100H152N24O24/c1-3-4-35-73(91(138)115-77-43-42-68(127)33-20-17-21-36-71(64(2)126)110-95(142)79(54-66-57-107-72-37-25-24-34-70(66)72)116-92(139)75(39-29-47-106-100(102)103)113-94(141)78(53-65-30-18-16-19-31-65)118-98(145)82-56-69(128)59-124(82)99(77)146)111-90(137)74(38-26-27-49-123(60-88(133)134)61-89(135)136)112-96(143)80(55-67-32-28-46-104-67)117-93(140)76(44-45-83(101)129)114-97(144)81(62-125)109-86(131)58-108-87(132)63-148-52-51-147-50-48-105-85(130)41-23-15-13-11-9-7-5-6-8-10-12-14-22-40-84-119-121-122-120-84/h16,18-19,24-25,30-32,34,37,46,57,69,71,73-82,107,125,128H,3-15,17,20-23,26-29,33,35-36,38-45,47-56,58-63H2,1-2H3,(H2,101,129)(H,105,130)(H,108,132)(H,109,131)(H,110,142)(H,111,137)(H,112,143)(H,113,141)(H,114,144)(H,115,138)(H,116,139)(H,117,140)(H,118,145)(H,133,134)(H,135,136)(H4,102,103,106)(H,119,120,121,122)/t69-,71+,73+,74+,75+,76+,77+,78-,79+,80+,81+,82+/m1/s1. The van der Waals surface area contributed by atoms with E-state index in [0.717, 1.165) is 65.1 Å². The molecule has 0 spiro atoms. The summed E-state index contributed by atoms with van der Waals surface area (Å²) >= 11 is 0. The van der Waals surface area contributed by atoms with E-state index in [2.05, 4.69) is 99.7 Å². The van der Waals surface area contributed by atoms with E-state index in [1.165, 1.54) is 64.5 Å². The predicted molar refractivity (Wildman–Crippen MR) is 541 cm³/mol. The second-order valence-corrected chi connectivity index (χ2v) is 37.6. The van der Waals surface area contributed by atoms with Gasteiger partial charge in [0, 0.05) is 113 Å². The highest BCUT2D eigenvalue weighted by molar-refractivity contribution is 6.01. The van der Waals surface area contributed by atoms with E-state index in [1.54, 1.807) is 55.6 Å². The molecule has 4 aromatic rings. The number of aliphatic hydroxyl groups excluding tert-OH is 2. The zero-order chi connectivity index (χ0) is 107. The second-order valence-electron chi connectivity index (χ2n) is 37.6. The fourth-order valence-electron chi connectivity index (χ4n) is 17.4. The number of amides is 14. The van der Waals surface area contributed by atoms with E-state index in [1.807, 2.05) is 18.2 Å². The lowest BCUT2D eigenvalue weighted by Crippen LogP contribution is -2.61. The molecular weight excluding hydrogens is 1920 g/mol. The van der Waals surface area contributed by atoms with Gasteiger partial charge in [0.15, 0.2) is 11.7 Å². The Morgan fingerprint density at radius 2 is 1.20 bits per heavy atom. The molecule has 12 atom stereocenters. The Kier molecular flexibility index (Phi) is 55.8. The number of H-pyrrole nitrogens is 2. The van der Waals surface area contributed by atoms with Gasteiger partial charge in [0.25, 0.3) is 0 Å². The molecule has 5 heterocycles. The Balaban J connectivity index is 1.03. The van der Waals surface area contributed by atoms with Crippen LogP contribution in [0.15, 0.2) is 77.6 Å². The molecule has 0 radical (unpaired) electrons. The Bertz CT molecular complexity index is 5010. The van der Waals surface area contributed by atoms with Crippen LogP contribution in [0, 0.1) is 5.41 Å². The molecule has 2 aromatic carbocycles. The molecule has 14 amide bonds. The van der Waals surface area contributed by atoms with Gasteiger partial charge in [-0.25, -0.2) is 5.10 Å². The summed E-state index contributed by atoms with van der Waals surface area (Å²) in [5, 5.41) is 97.8. The largest absolute Gasteiger partial charge is 0.480 e. The van der Waals surface area contributed by atoms with Gasteiger partial charge in [-0.1, -0.05) is 158 Å². The number of hydrogen-bond donors (Lipinski definition) is 22. The van der Waals surface area contributed by atoms with Gasteiger partial charge >= 0.3 is 11.9 Å². The van der Waals surface area contributed by atoms with Crippen molar-refractivity contribution in [2.75, 3.05) is 78.8 Å². The number of ketones is 2. The number of rotatable bonds is 64. The molecule has 7 rings (SSSR count). The smallest absolute Gasteiger partial charge is 0.317 e. The molecule has 0 unspecified atom stereocenters. The van der Waals surface area contributed by atoms with Gasteiger partial charge in [-0.2, -0.15) is 0 Å². The van der Waals surface area contributed by atoms with Crippen LogP contribution in [-0.4, -0.2) is 326 Å². The molecule has 24 N–H and O–H groups in total. The molecular formula is C100H152N24O24. The Labute approximate surface area is 860 Å². The Morgan fingerprint density at radius 3 is 1.84 bits per heavy atom. The maximum atomic E-state index is 15.6. The highest BCUT2D eigenvalue weighted by atomic mass is 16.5. The number of Topliss-reactive ketones (excluding diaryl/α,β-unsaturated/α-hetero) is 2. The number of aliphatic hydroxyl groups is 2. The molecule has 0 aliphatic carbocycles. The number of ether oxygens (including phenoxy) is 2. The normalized spacial score (nSPS) is 18.6. The maximum absolute atomic E-state index is 15.6. The predicted octanol–water partition coefficient (Wildman–Crippen LogP) is 0.249. The van der Waals surface area contributed by atoms with Gasteiger partial charge in [0.05, 0.1) is 58.2 Å². The van der Waals surface area contributed by atoms with Gasteiger partial charge < -0.3 is 120 Å². The summed E-state index contributed by atoms with van der Waals surface area (Å²) in [6, 6.07) is -1.72. The second kappa shape index (κ2) is 68.0. The highest BCUT2D eigenvalue weighted by Gasteiger charge is 2.45. The quantitative estimate of drug-likeness (QED) is 0.0160. The van der Waals surface area contributed by atoms with Crippen LogP contribution >= 0.6 is 0 Å². The lowest BCUT2D eigenvalue weighted by molar-refractivity contribution is -0.143. The molecule has 148 heavy (non-hydrogen) atoms. The van der Waals surface area contributed by atoms with Crippen LogP contribution in [0.2, 0.25) is 0 Å². The topological polar surface area (TPSA) is 728 Å². The van der Waals surface area contributed by atoms with Crippen LogP contribution in [0.4, 0.5) is 0 Å². The van der Waals surface area contributed by atoms with Crippen molar-refractivity contribution >= 4 is 129 Å². The lowest BCUT2D eigenvalue weighted by Gasteiger charge is -2.31. The Morgan fingerprint density at radius 1 is 0.588 bits per heavy atom. The van der Waals surface area contributed by atoms with Gasteiger partial charge in [-0.3, -0.25) is 102 Å². The van der Waals surface area contributed by atoms with Crippen molar-refractivity contribution in [3.8, 4) is 0 Å². The van der Waals surface area contributed by atoms with Gasteiger partial charge in [-0.15, -0.1) is 5.10 Å². The summed E-state index contributed by atoms with van der Waals surface area (Å²) in [6.07, 6.45) is 17.5. The number of aliphatic imine (C=N–C) groups is 1. The first kappa shape index (κ1) is 121. The molecule has 2 aromatic heterocycles. The molecule has 0 bridgehead atoms. The summed E-state index contributed by atoms with van der Waals surface area (Å²) in [4.78, 5) is 262. The van der Waals surface area contributed by atoms with Crippen LogP contribution in [0.1, 0.15) is 249 Å². The SMILES string of the molecule is CCCC[C@H](NC(=O)[C@H](CCCCN(CC(=O)O)CC(=O)O)NC(=O)[C@H](CC1=CCC=N1)NC(=O)[C@H](CCC(N)=O)NC(=O)[C@H](CO)NC(=O)CNC(=O)COCCOCCNC(=O)CCCCCCCCCCCCCCCc1nnn[nH]1)C(=O)N[C@H]1CCC(=O)CCCCC[C@@H](C(C)=O)NC(=O)[C@H](Cc2c[nH]c3ccccc23)NC(=O)[C@H](CCCNC(=N)N)NC(=O)[C@@H](Cc2ccccc2)NC(=O)[C@@H]2C[C@@H](O)CN2C1=O. The van der Waals surface area contributed by atoms with Crippen molar-refractivity contribution in [3.63, 3.8) is 0 Å². The molecule has 2 saturated heterocycles. The summed E-state index contributed by atoms with van der Waals surface area (Å²) in [7, 11) is 0. The number of guanidine groups is 1. The number of tetrazole rings is 1. The van der Waals surface area contributed by atoms with E-state index >= 15 is 28.8 Å². The third kappa shape index (κ3) is 47.1. The van der Waals surface area contributed by atoms with Crippen molar-refractivity contribution in [2.24, 2.45) is 16.5 Å². The van der Waals surface area contributed by atoms with E-state index in [0.29, 0.717) is 36.8 Å². The molecule has 48 heteroatoms. The third-order valence-electron chi connectivity index (χ3n) is 25.5. The number of nitrogens with one attached hydrogen (secondary N) is 16. The van der Waals surface area contributed by atoms with E-state index < -0.39 is 244 Å². The number of carbonyl (C=O) groups excluding carboxylic acids is 16. The van der Waals surface area contributed by atoms with Crippen molar-refractivity contribution in [1.29, 1.82) is 5.41 Å². The fraction of sp³-hybridized carbons (Fsp3) is 0.630. The van der Waals surface area contributed by atoms with Crippen LogP contribution in [-0.2, 0) is 115 Å². The number of carboxylic acid groups (broad SMARTS) is 2. The number of unbranched alkanes of at least 4 members (excludes halogenated alkanes) is 14. The molecule has 3 aliphatic rings. The van der Waals surface area contributed by atoms with Crippen molar-refractivity contribution in [1.82, 2.24) is 105 Å². The number of carbonyl (C=O) groups is 18. The fourth-order valence-corrected chi connectivity index (χ4v) is 17.4. The average molecular weight is 2070 g/mol. The first-order valence-corrected chi connectivity index (χ1v) is 51.6. The van der Waals surface area contributed by atoms with Crippen LogP contribution in [0.3, 0.4) is 0 Å². The zero-order valence-electron chi connectivity index (χ0n) is 84.8. The number of allylic oxidation sites excluding steroid dienone is 1. The van der Waals surface area contributed by atoms with Crippen LogP contribution in [0.25, 0.3) is 10.9 Å². The molecule has 0 saturated carbocycles. The van der Waals surface area contributed by atoms with Crippen molar-refractivity contribution in [2.45, 2.75) is 324 Å². The third-order valence-corrected chi connectivity index (χ3v) is 25.5. The highest BCUT2D eigenvalue weighted by Crippen LogP contribution is 2.26. The summed E-state index contributed by atoms with van der Waals surface area (Å²) in [5.41, 5.74) is 13.3. The van der Waals surface area contributed by atoms with Crippen LogP contribution < -0.4 is 80.6 Å². The minimum absolute atomic E-state index is 0.0102. The molecule has 816 valence electrons. The number of aryl methyl sites for hydroxylation is 1. The van der Waals surface area contributed by atoms with Crippen molar-refractivity contribution in [3.05, 3.63) is 89.5 Å². The molecule has 48 nitrogen and oxygen atoms in total. The number of aromatic amines is 2. The Hall–Kier alpha value is -13.6. The van der Waals surface area contributed by atoms with E-state index in [-0.39, 0.29) is 147 Å². The number of hydrogen-bond acceptors (Lipinski definition) is 28. The summed E-state index contributed by atoms with van der Waals surface area (Å²) in [6.45, 7) is -0.842. The monoisotopic (exact) mass is 2070 g/mol. The number of carboxylic acids is 2. The number of primary amides is 1. The number of para-hydroxylation sites is 1. The van der Waals surface area contributed by atoms with E-state index in [9.17, 15) is 78.0 Å². The number of fused-ring (bicyclic) bond motifs is 2. The molecule has 2 fully saturated rings. The van der Waals surface area contributed by atoms with E-state index in [4.69, 9.17) is 26.4 Å². The number of nitrogens with zero attached hydrogens (tertiary/aromatic N) is 6.